The van der Waals surface area contributed by atoms with Crippen molar-refractivity contribution in [2.75, 3.05) is 14.2 Å². The lowest BCUT2D eigenvalue weighted by molar-refractivity contribution is -0.117. The summed E-state index contributed by atoms with van der Waals surface area (Å²) in [4.78, 5) is 13.5. The summed E-state index contributed by atoms with van der Waals surface area (Å²) in [6.07, 6.45) is 0.0154. The van der Waals surface area contributed by atoms with Crippen LogP contribution in [0.25, 0.3) is 0 Å². The normalized spacial score (nSPS) is 29.2. The number of allylic oxidation sites excluding steroid dienone is 2. The molecule has 3 aliphatic rings. The Morgan fingerprint density at radius 3 is 2.38 bits per heavy atom. The van der Waals surface area contributed by atoms with Gasteiger partial charge in [0.1, 0.15) is 12.0 Å². The molecule has 2 aliphatic heterocycles. The van der Waals surface area contributed by atoms with Crippen molar-refractivity contribution in [2.45, 2.75) is 37.1 Å². The topological polar surface area (TPSA) is 112 Å². The van der Waals surface area contributed by atoms with E-state index in [4.69, 9.17) is 9.47 Å². The number of fused-ring (bicyclic) bond motifs is 1. The summed E-state index contributed by atoms with van der Waals surface area (Å²) in [6.45, 7) is 0. The molecule has 168 valence electrons. The minimum absolute atomic E-state index is 0.00450. The highest BCUT2D eigenvalue weighted by Crippen LogP contribution is 2.48. The molecule has 1 aliphatic carbocycles. The van der Waals surface area contributed by atoms with Crippen molar-refractivity contribution in [2.24, 2.45) is 5.92 Å². The van der Waals surface area contributed by atoms with Gasteiger partial charge >= 0.3 is 0 Å². The molecular formula is C24H27N3O5. The van der Waals surface area contributed by atoms with Gasteiger partial charge in [0.2, 0.25) is 0 Å². The van der Waals surface area contributed by atoms with E-state index >= 15 is 0 Å². The molecule has 0 spiro atoms. The van der Waals surface area contributed by atoms with Crippen LogP contribution in [0.3, 0.4) is 0 Å². The predicted molar refractivity (Wildman–Crippen MR) is 117 cm³/mol. The molecule has 5 atom stereocenters. The Morgan fingerprint density at radius 2 is 1.66 bits per heavy atom. The number of nitrogens with one attached hydrogen (secondary N) is 3. The Balaban J connectivity index is 1.54. The maximum atomic E-state index is 13.5. The van der Waals surface area contributed by atoms with E-state index in [1.54, 1.807) is 26.4 Å². The monoisotopic (exact) mass is 437 g/mol. The number of ketones is 1. The van der Waals surface area contributed by atoms with E-state index in [0.29, 0.717) is 24.3 Å². The maximum Gasteiger partial charge on any atom is 0.161 e. The number of aliphatic hydroxyl groups is 1. The van der Waals surface area contributed by atoms with Crippen molar-refractivity contribution < 1.29 is 24.5 Å². The summed E-state index contributed by atoms with van der Waals surface area (Å²) >= 11 is 0. The Labute approximate surface area is 186 Å². The number of hydrogen-bond donors (Lipinski definition) is 5. The molecule has 1 saturated heterocycles. The van der Waals surface area contributed by atoms with E-state index in [0.717, 1.165) is 22.4 Å². The molecule has 0 aromatic heterocycles. The van der Waals surface area contributed by atoms with Crippen molar-refractivity contribution in [3.05, 3.63) is 64.9 Å². The van der Waals surface area contributed by atoms with E-state index in [2.05, 4.69) is 16.2 Å². The van der Waals surface area contributed by atoms with Gasteiger partial charge < -0.3 is 25.0 Å². The SMILES string of the molecule is COc1ccc([C@H]2CC(=O)C3=C(C2)NC2NNC(O)C2[C@@H]3c2ccc(O)cc2)cc1OC. The number of carbonyl (C=O) groups is 1. The third kappa shape index (κ3) is 3.40. The summed E-state index contributed by atoms with van der Waals surface area (Å²) in [5.41, 5.74) is 9.53. The number of Topliss-reactive ketones (excluding diaryl/α,β-unsaturated/α-hetero) is 1. The second kappa shape index (κ2) is 8.12. The van der Waals surface area contributed by atoms with Crippen LogP contribution in [0.1, 0.15) is 35.8 Å². The minimum Gasteiger partial charge on any atom is -0.508 e. The smallest absolute Gasteiger partial charge is 0.161 e. The van der Waals surface area contributed by atoms with Gasteiger partial charge in [0.15, 0.2) is 17.3 Å². The van der Waals surface area contributed by atoms with Crippen LogP contribution in [0.4, 0.5) is 0 Å². The fourth-order valence-corrected chi connectivity index (χ4v) is 5.28. The zero-order chi connectivity index (χ0) is 22.4. The second-order valence-electron chi connectivity index (χ2n) is 8.54. The van der Waals surface area contributed by atoms with Gasteiger partial charge in [-0.25, -0.2) is 10.9 Å². The van der Waals surface area contributed by atoms with Crippen LogP contribution in [0.15, 0.2) is 53.7 Å². The number of phenolic OH excluding ortho intramolecular Hbond substituents is 1. The van der Waals surface area contributed by atoms with Gasteiger partial charge in [0, 0.05) is 29.5 Å². The first kappa shape index (κ1) is 20.8. The van der Waals surface area contributed by atoms with Gasteiger partial charge in [-0.15, -0.1) is 0 Å². The average molecular weight is 437 g/mol. The highest BCUT2D eigenvalue weighted by Gasteiger charge is 2.49. The fourth-order valence-electron chi connectivity index (χ4n) is 5.28. The van der Waals surface area contributed by atoms with Crippen LogP contribution in [0, 0.1) is 5.92 Å². The number of phenols is 1. The number of hydrogen-bond acceptors (Lipinski definition) is 8. The zero-order valence-corrected chi connectivity index (χ0v) is 18.0. The molecule has 8 heteroatoms. The maximum absolute atomic E-state index is 13.5. The molecule has 0 bridgehead atoms. The molecular weight excluding hydrogens is 410 g/mol. The van der Waals surface area contributed by atoms with Gasteiger partial charge in [-0.3, -0.25) is 4.79 Å². The lowest BCUT2D eigenvalue weighted by Gasteiger charge is -2.42. The molecule has 2 aromatic carbocycles. The molecule has 32 heavy (non-hydrogen) atoms. The van der Waals surface area contributed by atoms with Gasteiger partial charge in [-0.2, -0.15) is 0 Å². The highest BCUT2D eigenvalue weighted by molar-refractivity contribution is 5.99. The first-order valence-corrected chi connectivity index (χ1v) is 10.7. The van der Waals surface area contributed by atoms with E-state index in [-0.39, 0.29) is 35.5 Å². The lowest BCUT2D eigenvalue weighted by atomic mass is 9.69. The van der Waals surface area contributed by atoms with E-state index < -0.39 is 6.23 Å². The lowest BCUT2D eigenvalue weighted by Crippen LogP contribution is -2.51. The number of ether oxygens (including phenoxy) is 2. The molecule has 1 fully saturated rings. The molecule has 2 aromatic rings. The first-order chi connectivity index (χ1) is 15.5. The number of methoxy groups -OCH3 is 2. The van der Waals surface area contributed by atoms with Crippen molar-refractivity contribution >= 4 is 5.78 Å². The fraction of sp³-hybridized carbons (Fsp3) is 0.375. The van der Waals surface area contributed by atoms with Crippen LogP contribution in [-0.4, -0.2) is 42.6 Å². The Kier molecular flexibility index (Phi) is 5.28. The van der Waals surface area contributed by atoms with Crippen molar-refractivity contribution in [3.8, 4) is 17.2 Å². The zero-order valence-electron chi connectivity index (χ0n) is 18.0. The molecule has 0 amide bonds. The van der Waals surface area contributed by atoms with Gasteiger partial charge in [0.25, 0.3) is 0 Å². The Hall–Kier alpha value is -3.07. The van der Waals surface area contributed by atoms with Crippen LogP contribution in [-0.2, 0) is 4.79 Å². The van der Waals surface area contributed by atoms with Gasteiger partial charge in [-0.05, 0) is 47.7 Å². The summed E-state index contributed by atoms with van der Waals surface area (Å²) in [7, 11) is 3.20. The molecule has 3 unspecified atom stereocenters. The summed E-state index contributed by atoms with van der Waals surface area (Å²) in [6, 6.07) is 12.7. The van der Waals surface area contributed by atoms with Crippen LogP contribution >= 0.6 is 0 Å². The predicted octanol–water partition coefficient (Wildman–Crippen LogP) is 1.87. The van der Waals surface area contributed by atoms with Crippen LogP contribution < -0.4 is 25.6 Å². The summed E-state index contributed by atoms with van der Waals surface area (Å²) in [5.74, 6) is 0.979. The Bertz CT molecular complexity index is 1070. The quantitative estimate of drug-likeness (QED) is 0.493. The standard InChI is InChI=1S/C24H27N3O5/c1-31-18-8-5-13(11-19(18)32-2)14-9-16-21(17(29)10-14)20(12-3-6-15(28)7-4-12)22-23(25-16)26-27-24(22)30/h3-8,11,14,20,22-28,30H,9-10H2,1-2H3/t14-,20-,22?,23?,24?/m1/s1. The molecule has 0 radical (unpaired) electrons. The van der Waals surface area contributed by atoms with Crippen LogP contribution in [0.2, 0.25) is 0 Å². The molecule has 5 rings (SSSR count). The highest BCUT2D eigenvalue weighted by atomic mass is 16.5. The first-order valence-electron chi connectivity index (χ1n) is 10.7. The number of rotatable bonds is 4. The van der Waals surface area contributed by atoms with Crippen molar-refractivity contribution in [1.82, 2.24) is 16.2 Å². The third-order valence-electron chi connectivity index (χ3n) is 6.80. The second-order valence-corrected chi connectivity index (χ2v) is 8.54. The van der Waals surface area contributed by atoms with E-state index in [1.165, 1.54) is 0 Å². The molecule has 2 heterocycles. The van der Waals surface area contributed by atoms with Crippen molar-refractivity contribution in [1.29, 1.82) is 0 Å². The molecule has 5 N–H and O–H groups in total. The largest absolute Gasteiger partial charge is 0.508 e. The van der Waals surface area contributed by atoms with Crippen molar-refractivity contribution in [3.63, 3.8) is 0 Å². The number of carbonyl (C=O) groups excluding carboxylic acids is 1. The van der Waals surface area contributed by atoms with Gasteiger partial charge in [0.05, 0.1) is 20.4 Å². The molecule has 0 saturated carbocycles. The van der Waals surface area contributed by atoms with Gasteiger partial charge in [-0.1, -0.05) is 18.2 Å². The third-order valence-corrected chi connectivity index (χ3v) is 6.80. The molecule has 8 nitrogen and oxygen atoms in total. The number of benzene rings is 2. The number of hydrazine groups is 1. The van der Waals surface area contributed by atoms with Crippen LogP contribution in [0.5, 0.6) is 17.2 Å². The number of aliphatic hydroxyl groups excluding tert-OH is 1. The average Bonchev–Trinajstić information content (AvgIpc) is 3.18. The van der Waals surface area contributed by atoms with E-state index in [9.17, 15) is 15.0 Å². The minimum atomic E-state index is -0.809. The summed E-state index contributed by atoms with van der Waals surface area (Å²) < 4.78 is 10.8. The van der Waals surface area contributed by atoms with E-state index in [1.807, 2.05) is 30.3 Å². The summed E-state index contributed by atoms with van der Waals surface area (Å²) in [5, 5.41) is 23.8. The Morgan fingerprint density at radius 1 is 0.938 bits per heavy atom. The number of aromatic hydroxyl groups is 1.